The smallest absolute Gasteiger partial charge is 0.265 e. The van der Waals surface area contributed by atoms with Gasteiger partial charge >= 0.3 is 0 Å². The Morgan fingerprint density at radius 3 is 3.10 bits per heavy atom. The van der Waals surface area contributed by atoms with Gasteiger partial charge in [0.2, 0.25) is 0 Å². The molecule has 1 unspecified atom stereocenters. The lowest BCUT2D eigenvalue weighted by atomic mass is 10.0. The topological polar surface area (TPSA) is 64.2 Å². The lowest BCUT2D eigenvalue weighted by Crippen LogP contribution is -2.19. The number of hydrogen-bond donors (Lipinski definition) is 1. The second-order valence-electron chi connectivity index (χ2n) is 4.55. The summed E-state index contributed by atoms with van der Waals surface area (Å²) in [5, 5.41) is 0. The summed E-state index contributed by atoms with van der Waals surface area (Å²) in [5.41, 5.74) is 1.43. The van der Waals surface area contributed by atoms with E-state index in [1.165, 1.54) is 0 Å². The van der Waals surface area contributed by atoms with Gasteiger partial charge in [0.1, 0.15) is 22.7 Å². The van der Waals surface area contributed by atoms with E-state index in [0.717, 1.165) is 11.3 Å². The Morgan fingerprint density at radius 1 is 1.50 bits per heavy atom. The van der Waals surface area contributed by atoms with E-state index in [4.69, 9.17) is 9.47 Å². The number of benzene rings is 1. The molecule has 1 N–H and O–H groups in total. The summed E-state index contributed by atoms with van der Waals surface area (Å²) in [6.45, 7) is 0.767. The van der Waals surface area contributed by atoms with Crippen molar-refractivity contribution in [3.05, 3.63) is 56.2 Å². The minimum atomic E-state index is -0.202. The average Bonchev–Trinajstić information content (AvgIpc) is 2.88. The van der Waals surface area contributed by atoms with E-state index in [1.54, 1.807) is 7.11 Å². The SMILES string of the molecule is COCc1nc(C2COc3ccccc32)[nH]c(=O)c1Br. The molecule has 0 radical (unpaired) electrons. The van der Waals surface area contributed by atoms with Gasteiger partial charge in [-0.3, -0.25) is 4.79 Å². The third-order valence-corrected chi connectivity index (χ3v) is 4.08. The molecule has 20 heavy (non-hydrogen) atoms. The van der Waals surface area contributed by atoms with Gasteiger partial charge < -0.3 is 14.5 Å². The van der Waals surface area contributed by atoms with Crippen molar-refractivity contribution in [1.29, 1.82) is 0 Å². The van der Waals surface area contributed by atoms with E-state index in [1.807, 2.05) is 24.3 Å². The number of halogens is 1. The normalized spacial score (nSPS) is 16.8. The number of fused-ring (bicyclic) bond motifs is 1. The Hall–Kier alpha value is -1.66. The van der Waals surface area contributed by atoms with Crippen molar-refractivity contribution in [2.75, 3.05) is 13.7 Å². The van der Waals surface area contributed by atoms with Gasteiger partial charge in [-0.1, -0.05) is 18.2 Å². The number of rotatable bonds is 3. The van der Waals surface area contributed by atoms with E-state index in [0.29, 0.717) is 22.6 Å². The molecule has 1 aromatic heterocycles. The van der Waals surface area contributed by atoms with Crippen LogP contribution < -0.4 is 10.3 Å². The Kier molecular flexibility index (Phi) is 3.58. The number of H-pyrrole nitrogens is 1. The van der Waals surface area contributed by atoms with Crippen LogP contribution in [0, 0.1) is 0 Å². The zero-order valence-corrected chi connectivity index (χ0v) is 12.4. The molecular formula is C14H13BrN2O3. The summed E-state index contributed by atoms with van der Waals surface area (Å²) in [4.78, 5) is 19.3. The molecule has 0 amide bonds. The molecule has 0 fully saturated rings. The van der Waals surface area contributed by atoms with Crippen LogP contribution in [0.5, 0.6) is 5.75 Å². The quantitative estimate of drug-likeness (QED) is 0.933. The lowest BCUT2D eigenvalue weighted by molar-refractivity contribution is 0.180. The van der Waals surface area contributed by atoms with Gasteiger partial charge in [-0.05, 0) is 22.0 Å². The predicted octanol–water partition coefficient (Wildman–Crippen LogP) is 2.20. The lowest BCUT2D eigenvalue weighted by Gasteiger charge is -2.10. The van der Waals surface area contributed by atoms with Crippen LogP contribution in [0.4, 0.5) is 0 Å². The molecule has 0 spiro atoms. The van der Waals surface area contributed by atoms with Crippen molar-refractivity contribution in [2.24, 2.45) is 0 Å². The number of aromatic nitrogens is 2. The van der Waals surface area contributed by atoms with Crippen LogP contribution in [0.3, 0.4) is 0 Å². The zero-order chi connectivity index (χ0) is 14.1. The Morgan fingerprint density at radius 2 is 2.30 bits per heavy atom. The molecule has 6 heteroatoms. The predicted molar refractivity (Wildman–Crippen MR) is 77.1 cm³/mol. The van der Waals surface area contributed by atoms with Crippen LogP contribution in [0.15, 0.2) is 33.5 Å². The van der Waals surface area contributed by atoms with Gasteiger partial charge in [0, 0.05) is 12.7 Å². The second-order valence-corrected chi connectivity index (χ2v) is 5.34. The fourth-order valence-corrected chi connectivity index (χ4v) is 2.61. The van der Waals surface area contributed by atoms with Crippen LogP contribution in [0.1, 0.15) is 23.0 Å². The maximum absolute atomic E-state index is 12.0. The number of para-hydroxylation sites is 1. The minimum Gasteiger partial charge on any atom is -0.492 e. The van der Waals surface area contributed by atoms with Crippen LogP contribution in [-0.2, 0) is 11.3 Å². The highest BCUT2D eigenvalue weighted by atomic mass is 79.9. The van der Waals surface area contributed by atoms with Crippen LogP contribution >= 0.6 is 15.9 Å². The van der Waals surface area contributed by atoms with E-state index in [-0.39, 0.29) is 18.1 Å². The van der Waals surface area contributed by atoms with Gasteiger partial charge in [0.25, 0.3) is 5.56 Å². The zero-order valence-electron chi connectivity index (χ0n) is 10.9. The van der Waals surface area contributed by atoms with Gasteiger partial charge in [-0.25, -0.2) is 4.98 Å². The molecule has 5 nitrogen and oxygen atoms in total. The summed E-state index contributed by atoms with van der Waals surface area (Å²) < 4.78 is 11.1. The molecule has 0 bridgehead atoms. The molecule has 1 aliphatic heterocycles. The number of nitrogens with one attached hydrogen (secondary N) is 1. The van der Waals surface area contributed by atoms with Crippen molar-refractivity contribution in [3.8, 4) is 5.75 Å². The molecule has 0 saturated heterocycles. The first-order valence-electron chi connectivity index (χ1n) is 6.20. The molecule has 1 atom stereocenters. The van der Waals surface area contributed by atoms with E-state index < -0.39 is 0 Å². The highest BCUT2D eigenvalue weighted by Crippen LogP contribution is 2.36. The van der Waals surface area contributed by atoms with E-state index in [9.17, 15) is 4.79 Å². The average molecular weight is 337 g/mol. The van der Waals surface area contributed by atoms with Crippen molar-refractivity contribution in [3.63, 3.8) is 0 Å². The largest absolute Gasteiger partial charge is 0.492 e. The molecule has 2 aromatic rings. The monoisotopic (exact) mass is 336 g/mol. The molecule has 104 valence electrons. The summed E-state index contributed by atoms with van der Waals surface area (Å²) in [5.74, 6) is 1.40. The van der Waals surface area contributed by atoms with E-state index >= 15 is 0 Å². The molecule has 0 saturated carbocycles. The number of aromatic amines is 1. The summed E-state index contributed by atoms with van der Waals surface area (Å²) in [6, 6.07) is 7.79. The molecule has 2 heterocycles. The fraction of sp³-hybridized carbons (Fsp3) is 0.286. The Bertz CT molecular complexity index is 699. The van der Waals surface area contributed by atoms with Gasteiger partial charge in [-0.2, -0.15) is 0 Å². The standard InChI is InChI=1S/C14H13BrN2O3/c1-19-7-10-12(15)14(18)17-13(16-10)9-6-20-11-5-3-2-4-8(9)11/h2-5,9H,6-7H2,1H3,(H,16,17,18). The third kappa shape index (κ3) is 2.25. The van der Waals surface area contributed by atoms with Crippen molar-refractivity contribution >= 4 is 15.9 Å². The Balaban J connectivity index is 2.06. The maximum atomic E-state index is 12.0. The fourth-order valence-electron chi connectivity index (χ4n) is 2.31. The highest BCUT2D eigenvalue weighted by molar-refractivity contribution is 9.10. The molecule has 1 aliphatic rings. The summed E-state index contributed by atoms with van der Waals surface area (Å²) in [6.07, 6.45) is 0. The first kappa shape index (κ1) is 13.3. The highest BCUT2D eigenvalue weighted by Gasteiger charge is 2.28. The summed E-state index contributed by atoms with van der Waals surface area (Å²) in [7, 11) is 1.57. The number of methoxy groups -OCH3 is 1. The number of ether oxygens (including phenoxy) is 2. The van der Waals surface area contributed by atoms with Crippen LogP contribution in [-0.4, -0.2) is 23.7 Å². The van der Waals surface area contributed by atoms with Crippen molar-refractivity contribution in [2.45, 2.75) is 12.5 Å². The van der Waals surface area contributed by atoms with Gasteiger partial charge in [0.05, 0.1) is 18.2 Å². The van der Waals surface area contributed by atoms with Crippen molar-refractivity contribution in [1.82, 2.24) is 9.97 Å². The summed E-state index contributed by atoms with van der Waals surface area (Å²) >= 11 is 3.24. The third-order valence-electron chi connectivity index (χ3n) is 3.26. The van der Waals surface area contributed by atoms with E-state index in [2.05, 4.69) is 25.9 Å². The minimum absolute atomic E-state index is 0.0531. The molecule has 0 aliphatic carbocycles. The van der Waals surface area contributed by atoms with Gasteiger partial charge in [-0.15, -0.1) is 0 Å². The van der Waals surface area contributed by atoms with Crippen LogP contribution in [0.25, 0.3) is 0 Å². The maximum Gasteiger partial charge on any atom is 0.265 e. The Labute approximate surface area is 124 Å². The van der Waals surface area contributed by atoms with Crippen LogP contribution in [0.2, 0.25) is 0 Å². The first-order chi connectivity index (χ1) is 9.70. The number of nitrogens with zero attached hydrogens (tertiary/aromatic N) is 1. The molecular weight excluding hydrogens is 324 g/mol. The molecule has 3 rings (SSSR count). The van der Waals surface area contributed by atoms with Gasteiger partial charge in [0.15, 0.2) is 0 Å². The van der Waals surface area contributed by atoms with Crippen molar-refractivity contribution < 1.29 is 9.47 Å². The second kappa shape index (κ2) is 5.38. The molecule has 1 aromatic carbocycles. The first-order valence-corrected chi connectivity index (χ1v) is 6.99. The number of hydrogen-bond acceptors (Lipinski definition) is 4.